The summed E-state index contributed by atoms with van der Waals surface area (Å²) in [5.41, 5.74) is 0. The third kappa shape index (κ3) is 2.35. The quantitative estimate of drug-likeness (QED) is 0.752. The Morgan fingerprint density at radius 3 is 2.73 bits per heavy atom. The van der Waals surface area contributed by atoms with Crippen molar-refractivity contribution in [3.05, 3.63) is 0 Å². The standard InChI is InChI=1S/C12H23NO2/c1-9(10(2)14)13-7-8-15-12-6-4-3-5-11(12)13/h9-12,14H,3-8H2,1-2H3. The van der Waals surface area contributed by atoms with E-state index in [9.17, 15) is 5.11 Å². The molecule has 4 atom stereocenters. The number of hydrogen-bond acceptors (Lipinski definition) is 3. The third-order valence-electron chi connectivity index (χ3n) is 4.00. The molecule has 0 aromatic carbocycles. The first kappa shape index (κ1) is 11.4. The van der Waals surface area contributed by atoms with Gasteiger partial charge in [-0.25, -0.2) is 0 Å². The minimum absolute atomic E-state index is 0.245. The summed E-state index contributed by atoms with van der Waals surface area (Å²) in [5.74, 6) is 0. The zero-order valence-electron chi connectivity index (χ0n) is 9.85. The minimum Gasteiger partial charge on any atom is -0.392 e. The first-order valence-electron chi connectivity index (χ1n) is 6.25. The summed E-state index contributed by atoms with van der Waals surface area (Å²) in [6.45, 7) is 5.82. The van der Waals surface area contributed by atoms with E-state index in [1.54, 1.807) is 0 Å². The van der Waals surface area contributed by atoms with Gasteiger partial charge in [-0.3, -0.25) is 4.90 Å². The van der Waals surface area contributed by atoms with E-state index < -0.39 is 0 Å². The number of hydrogen-bond donors (Lipinski definition) is 1. The molecule has 0 spiro atoms. The van der Waals surface area contributed by atoms with E-state index in [4.69, 9.17) is 4.74 Å². The van der Waals surface area contributed by atoms with Crippen molar-refractivity contribution in [2.45, 2.75) is 63.8 Å². The Kier molecular flexibility index (Phi) is 3.65. The van der Waals surface area contributed by atoms with Gasteiger partial charge in [0.1, 0.15) is 0 Å². The second-order valence-electron chi connectivity index (χ2n) is 4.98. The van der Waals surface area contributed by atoms with Crippen LogP contribution < -0.4 is 0 Å². The number of rotatable bonds is 2. The molecule has 1 aliphatic carbocycles. The maximum absolute atomic E-state index is 9.68. The van der Waals surface area contributed by atoms with Gasteiger partial charge in [0.05, 0.1) is 18.8 Å². The third-order valence-corrected chi connectivity index (χ3v) is 4.00. The van der Waals surface area contributed by atoms with Crippen LogP contribution in [-0.4, -0.2) is 47.4 Å². The van der Waals surface area contributed by atoms with E-state index in [1.165, 1.54) is 25.7 Å². The second-order valence-corrected chi connectivity index (χ2v) is 4.98. The summed E-state index contributed by atoms with van der Waals surface area (Å²) in [4.78, 5) is 2.46. The maximum Gasteiger partial charge on any atom is 0.0731 e. The molecular weight excluding hydrogens is 190 g/mol. The fourth-order valence-electron chi connectivity index (χ4n) is 2.91. The predicted octanol–water partition coefficient (Wildman–Crippen LogP) is 1.40. The summed E-state index contributed by atoms with van der Waals surface area (Å²) >= 11 is 0. The van der Waals surface area contributed by atoms with Crippen molar-refractivity contribution in [2.75, 3.05) is 13.2 Å². The predicted molar refractivity (Wildman–Crippen MR) is 59.8 cm³/mol. The molecule has 4 unspecified atom stereocenters. The van der Waals surface area contributed by atoms with Gasteiger partial charge in [-0.15, -0.1) is 0 Å². The lowest BCUT2D eigenvalue weighted by molar-refractivity contribution is -0.113. The second kappa shape index (κ2) is 4.81. The van der Waals surface area contributed by atoms with Crippen LogP contribution in [0.1, 0.15) is 39.5 Å². The molecule has 0 radical (unpaired) electrons. The van der Waals surface area contributed by atoms with Crippen LogP contribution in [-0.2, 0) is 4.74 Å². The number of aliphatic hydroxyl groups is 1. The van der Waals surface area contributed by atoms with Crippen LogP contribution in [0.25, 0.3) is 0 Å². The van der Waals surface area contributed by atoms with Gasteiger partial charge >= 0.3 is 0 Å². The molecule has 1 saturated heterocycles. The monoisotopic (exact) mass is 213 g/mol. The van der Waals surface area contributed by atoms with Crippen LogP contribution in [0.2, 0.25) is 0 Å². The molecule has 3 nitrogen and oxygen atoms in total. The highest BCUT2D eigenvalue weighted by molar-refractivity contribution is 4.90. The van der Waals surface area contributed by atoms with Gasteiger partial charge in [0.2, 0.25) is 0 Å². The van der Waals surface area contributed by atoms with Crippen molar-refractivity contribution in [2.24, 2.45) is 0 Å². The summed E-state index contributed by atoms with van der Waals surface area (Å²) in [5, 5.41) is 9.68. The molecule has 88 valence electrons. The van der Waals surface area contributed by atoms with Gasteiger partial charge in [0, 0.05) is 18.6 Å². The summed E-state index contributed by atoms with van der Waals surface area (Å²) in [6, 6.07) is 0.816. The molecule has 2 rings (SSSR count). The van der Waals surface area contributed by atoms with Crippen LogP contribution >= 0.6 is 0 Å². The van der Waals surface area contributed by atoms with Crippen molar-refractivity contribution >= 4 is 0 Å². The zero-order chi connectivity index (χ0) is 10.8. The highest BCUT2D eigenvalue weighted by Crippen LogP contribution is 2.30. The minimum atomic E-state index is -0.245. The molecule has 2 fully saturated rings. The molecule has 0 bridgehead atoms. The van der Waals surface area contributed by atoms with E-state index >= 15 is 0 Å². The lowest BCUT2D eigenvalue weighted by Crippen LogP contribution is -2.57. The largest absolute Gasteiger partial charge is 0.392 e. The van der Waals surface area contributed by atoms with Crippen molar-refractivity contribution in [1.82, 2.24) is 4.90 Å². The van der Waals surface area contributed by atoms with Crippen LogP contribution in [0.4, 0.5) is 0 Å². The molecule has 2 aliphatic rings. The Morgan fingerprint density at radius 2 is 2.00 bits per heavy atom. The SMILES string of the molecule is CC(O)C(C)N1CCOC2CCCCC21. The molecular formula is C12H23NO2. The Morgan fingerprint density at radius 1 is 1.27 bits per heavy atom. The van der Waals surface area contributed by atoms with Crippen molar-refractivity contribution < 1.29 is 9.84 Å². The Bertz CT molecular complexity index is 206. The maximum atomic E-state index is 9.68. The summed E-state index contributed by atoms with van der Waals surface area (Å²) in [6.07, 6.45) is 5.24. The van der Waals surface area contributed by atoms with E-state index in [0.717, 1.165) is 13.2 Å². The fourth-order valence-corrected chi connectivity index (χ4v) is 2.91. The summed E-state index contributed by atoms with van der Waals surface area (Å²) in [7, 11) is 0. The molecule has 1 N–H and O–H groups in total. The average molecular weight is 213 g/mol. The smallest absolute Gasteiger partial charge is 0.0731 e. The molecule has 0 amide bonds. The topological polar surface area (TPSA) is 32.7 Å². The lowest BCUT2D eigenvalue weighted by Gasteiger charge is -2.47. The van der Waals surface area contributed by atoms with Crippen LogP contribution in [0.3, 0.4) is 0 Å². The number of morpholine rings is 1. The van der Waals surface area contributed by atoms with Gasteiger partial charge in [-0.1, -0.05) is 12.8 Å². The average Bonchev–Trinajstić information content (AvgIpc) is 2.27. The number of nitrogens with zero attached hydrogens (tertiary/aromatic N) is 1. The molecule has 0 aromatic heterocycles. The number of aliphatic hydroxyl groups excluding tert-OH is 1. The van der Waals surface area contributed by atoms with E-state index in [2.05, 4.69) is 11.8 Å². The van der Waals surface area contributed by atoms with Crippen LogP contribution in [0.15, 0.2) is 0 Å². The van der Waals surface area contributed by atoms with Crippen molar-refractivity contribution in [1.29, 1.82) is 0 Å². The van der Waals surface area contributed by atoms with Gasteiger partial charge in [0.25, 0.3) is 0 Å². The molecule has 15 heavy (non-hydrogen) atoms. The lowest BCUT2D eigenvalue weighted by atomic mass is 9.89. The molecule has 0 aromatic rings. The zero-order valence-corrected chi connectivity index (χ0v) is 9.85. The Labute approximate surface area is 92.4 Å². The molecule has 3 heteroatoms. The van der Waals surface area contributed by atoms with Gasteiger partial charge in [0.15, 0.2) is 0 Å². The van der Waals surface area contributed by atoms with Crippen LogP contribution in [0.5, 0.6) is 0 Å². The highest BCUT2D eigenvalue weighted by atomic mass is 16.5. The highest BCUT2D eigenvalue weighted by Gasteiger charge is 2.37. The van der Waals surface area contributed by atoms with E-state index in [1.807, 2.05) is 6.92 Å². The number of ether oxygens (including phenoxy) is 1. The van der Waals surface area contributed by atoms with Gasteiger partial charge in [-0.05, 0) is 26.7 Å². The molecule has 1 saturated carbocycles. The van der Waals surface area contributed by atoms with Crippen molar-refractivity contribution in [3.63, 3.8) is 0 Å². The van der Waals surface area contributed by atoms with E-state index in [0.29, 0.717) is 12.1 Å². The number of fused-ring (bicyclic) bond motifs is 1. The fraction of sp³-hybridized carbons (Fsp3) is 1.00. The van der Waals surface area contributed by atoms with Crippen molar-refractivity contribution in [3.8, 4) is 0 Å². The molecule has 1 aliphatic heterocycles. The van der Waals surface area contributed by atoms with Gasteiger partial charge < -0.3 is 9.84 Å². The normalized spacial score (nSPS) is 37.0. The Hall–Kier alpha value is -0.120. The first-order valence-corrected chi connectivity index (χ1v) is 6.25. The van der Waals surface area contributed by atoms with Crippen LogP contribution in [0, 0.1) is 0 Å². The first-order chi connectivity index (χ1) is 7.20. The molecule has 1 heterocycles. The summed E-state index contributed by atoms with van der Waals surface area (Å²) < 4.78 is 5.82. The Balaban J connectivity index is 2.03. The van der Waals surface area contributed by atoms with E-state index in [-0.39, 0.29) is 12.1 Å². The van der Waals surface area contributed by atoms with Gasteiger partial charge in [-0.2, -0.15) is 0 Å².